The summed E-state index contributed by atoms with van der Waals surface area (Å²) in [5.74, 6) is -1.26. The molecule has 3 rings (SSSR count). The number of aromatic nitrogens is 1. The monoisotopic (exact) mass is 400 g/mol. The van der Waals surface area contributed by atoms with Crippen LogP contribution >= 0.6 is 12.2 Å². The minimum Gasteiger partial charge on any atom is -0.383 e. The normalized spacial score (nSPS) is 14.1. The fourth-order valence-corrected chi connectivity index (χ4v) is 3.27. The molecular formula is C19H20N4O4S. The Bertz CT molecular complexity index is 987. The molecule has 3 amide bonds. The highest BCUT2D eigenvalue weighted by Crippen LogP contribution is 2.28. The third-order valence-corrected chi connectivity index (χ3v) is 4.65. The molecule has 28 heavy (non-hydrogen) atoms. The minimum absolute atomic E-state index is 0.0148. The van der Waals surface area contributed by atoms with E-state index in [9.17, 15) is 14.4 Å². The van der Waals surface area contributed by atoms with Crippen LogP contribution in [0.25, 0.3) is 17.0 Å². The number of ether oxygens (including phenoxy) is 1. The van der Waals surface area contributed by atoms with Crippen LogP contribution in [-0.4, -0.2) is 47.7 Å². The molecule has 0 spiro atoms. The van der Waals surface area contributed by atoms with Crippen LogP contribution in [0.5, 0.6) is 0 Å². The first-order chi connectivity index (χ1) is 13.4. The molecule has 1 aromatic carbocycles. The summed E-state index contributed by atoms with van der Waals surface area (Å²) < 4.78 is 6.79. The van der Waals surface area contributed by atoms with E-state index in [1.54, 1.807) is 7.11 Å². The Hall–Kier alpha value is -3.04. The van der Waals surface area contributed by atoms with E-state index in [4.69, 9.17) is 17.0 Å². The van der Waals surface area contributed by atoms with Crippen LogP contribution in [0.4, 0.5) is 0 Å². The van der Waals surface area contributed by atoms with Gasteiger partial charge in [0.2, 0.25) is 5.91 Å². The maximum absolute atomic E-state index is 12.3. The van der Waals surface area contributed by atoms with Gasteiger partial charge in [0.25, 0.3) is 11.8 Å². The zero-order valence-corrected chi connectivity index (χ0v) is 16.3. The maximum atomic E-state index is 12.3. The van der Waals surface area contributed by atoms with Crippen molar-refractivity contribution in [2.24, 2.45) is 0 Å². The van der Waals surface area contributed by atoms with Crippen molar-refractivity contribution in [3.05, 3.63) is 41.1 Å². The van der Waals surface area contributed by atoms with E-state index in [1.165, 1.54) is 6.08 Å². The van der Waals surface area contributed by atoms with E-state index in [-0.39, 0.29) is 23.1 Å². The quantitative estimate of drug-likeness (QED) is 0.286. The van der Waals surface area contributed by atoms with Crippen molar-refractivity contribution in [3.8, 4) is 0 Å². The number of amides is 3. The van der Waals surface area contributed by atoms with Gasteiger partial charge in [-0.25, -0.2) is 0 Å². The highest BCUT2D eigenvalue weighted by Gasteiger charge is 2.27. The van der Waals surface area contributed by atoms with Gasteiger partial charge in [0, 0.05) is 35.8 Å². The number of para-hydroxylation sites is 1. The highest BCUT2D eigenvalue weighted by atomic mass is 32.1. The molecule has 8 nitrogen and oxygen atoms in total. The summed E-state index contributed by atoms with van der Waals surface area (Å²) in [7, 11) is 1.57. The van der Waals surface area contributed by atoms with Gasteiger partial charge in [-0.2, -0.15) is 0 Å². The van der Waals surface area contributed by atoms with Gasteiger partial charge in [-0.3, -0.25) is 25.0 Å². The molecule has 3 N–H and O–H groups in total. The van der Waals surface area contributed by atoms with Crippen LogP contribution in [0, 0.1) is 6.92 Å². The molecular weight excluding hydrogens is 380 g/mol. The molecule has 1 aromatic heterocycles. The van der Waals surface area contributed by atoms with E-state index in [0.29, 0.717) is 18.7 Å². The van der Waals surface area contributed by atoms with Gasteiger partial charge in [0.1, 0.15) is 12.1 Å². The number of carbonyl (C=O) groups excluding carboxylic acids is 3. The van der Waals surface area contributed by atoms with Crippen LogP contribution in [0.15, 0.2) is 29.8 Å². The lowest BCUT2D eigenvalue weighted by molar-refractivity contribution is -0.123. The van der Waals surface area contributed by atoms with Crippen molar-refractivity contribution in [1.29, 1.82) is 0 Å². The van der Waals surface area contributed by atoms with Gasteiger partial charge in [0.05, 0.1) is 6.61 Å². The molecule has 0 radical (unpaired) electrons. The highest BCUT2D eigenvalue weighted by molar-refractivity contribution is 7.80. The predicted octanol–water partition coefficient (Wildman–Crippen LogP) is 0.627. The van der Waals surface area contributed by atoms with Gasteiger partial charge in [-0.15, -0.1) is 0 Å². The minimum atomic E-state index is -0.553. The molecule has 0 unspecified atom stereocenters. The Morgan fingerprint density at radius 2 is 1.93 bits per heavy atom. The summed E-state index contributed by atoms with van der Waals surface area (Å²) >= 11 is 4.83. The van der Waals surface area contributed by atoms with Crippen LogP contribution in [0.2, 0.25) is 0 Å². The van der Waals surface area contributed by atoms with E-state index in [2.05, 4.69) is 16.0 Å². The van der Waals surface area contributed by atoms with Crippen molar-refractivity contribution in [3.63, 3.8) is 0 Å². The third-order valence-electron chi connectivity index (χ3n) is 4.44. The van der Waals surface area contributed by atoms with Crippen molar-refractivity contribution in [1.82, 2.24) is 20.5 Å². The average molecular weight is 400 g/mol. The molecule has 9 heteroatoms. The van der Waals surface area contributed by atoms with Crippen molar-refractivity contribution < 1.29 is 19.1 Å². The first-order valence-electron chi connectivity index (χ1n) is 8.64. The van der Waals surface area contributed by atoms with E-state index >= 15 is 0 Å². The molecule has 0 aliphatic carbocycles. The summed E-state index contributed by atoms with van der Waals surface area (Å²) in [4.78, 5) is 36.7. The number of benzene rings is 1. The summed E-state index contributed by atoms with van der Waals surface area (Å²) in [5, 5.41) is 8.46. The van der Waals surface area contributed by atoms with Crippen LogP contribution in [-0.2, 0) is 25.7 Å². The lowest BCUT2D eigenvalue weighted by Gasteiger charge is -2.16. The second kappa shape index (κ2) is 8.32. The summed E-state index contributed by atoms with van der Waals surface area (Å²) in [5.41, 5.74) is 2.27. The first-order valence-corrected chi connectivity index (χ1v) is 9.05. The Balaban J connectivity index is 2.00. The topological polar surface area (TPSA) is 101 Å². The SMILES string of the molecule is COCCNC(=O)Cn1c(C)c(C=C2C(=O)NC(=S)NC2=O)c2ccccc21. The summed E-state index contributed by atoms with van der Waals surface area (Å²) in [6.07, 6.45) is 1.53. The van der Waals surface area contributed by atoms with E-state index in [0.717, 1.165) is 16.6 Å². The number of carbonyl (C=O) groups is 3. The number of thiocarbonyl (C=S) groups is 1. The number of fused-ring (bicyclic) bond motifs is 1. The molecule has 2 aromatic rings. The molecule has 1 saturated heterocycles. The van der Waals surface area contributed by atoms with E-state index in [1.807, 2.05) is 35.8 Å². The number of rotatable bonds is 6. The molecule has 146 valence electrons. The molecule has 1 aliphatic rings. The molecule has 0 atom stereocenters. The van der Waals surface area contributed by atoms with Crippen LogP contribution < -0.4 is 16.0 Å². The molecule has 1 aliphatic heterocycles. The fraction of sp³-hybridized carbons (Fsp3) is 0.263. The van der Waals surface area contributed by atoms with Gasteiger partial charge in [-0.05, 0) is 31.3 Å². The smallest absolute Gasteiger partial charge is 0.263 e. The number of nitrogens with one attached hydrogen (secondary N) is 3. The number of hydrogen-bond acceptors (Lipinski definition) is 5. The molecule has 1 fully saturated rings. The fourth-order valence-electron chi connectivity index (χ4n) is 3.09. The zero-order chi connectivity index (χ0) is 20.3. The predicted molar refractivity (Wildman–Crippen MR) is 108 cm³/mol. The second-order valence-corrected chi connectivity index (χ2v) is 6.65. The van der Waals surface area contributed by atoms with E-state index < -0.39 is 11.8 Å². The zero-order valence-electron chi connectivity index (χ0n) is 15.5. The molecule has 0 bridgehead atoms. The van der Waals surface area contributed by atoms with Gasteiger partial charge < -0.3 is 14.6 Å². The van der Waals surface area contributed by atoms with Gasteiger partial charge in [-0.1, -0.05) is 18.2 Å². The lowest BCUT2D eigenvalue weighted by Crippen LogP contribution is -2.51. The summed E-state index contributed by atoms with van der Waals surface area (Å²) in [6, 6.07) is 7.51. The number of nitrogens with zero attached hydrogens (tertiary/aromatic N) is 1. The maximum Gasteiger partial charge on any atom is 0.263 e. The Labute approximate surface area is 166 Å². The van der Waals surface area contributed by atoms with Crippen molar-refractivity contribution in [2.75, 3.05) is 20.3 Å². The van der Waals surface area contributed by atoms with Crippen LogP contribution in [0.1, 0.15) is 11.3 Å². The van der Waals surface area contributed by atoms with Crippen LogP contribution in [0.3, 0.4) is 0 Å². The largest absolute Gasteiger partial charge is 0.383 e. The van der Waals surface area contributed by atoms with Crippen molar-refractivity contribution in [2.45, 2.75) is 13.5 Å². The second-order valence-electron chi connectivity index (χ2n) is 6.24. The summed E-state index contributed by atoms with van der Waals surface area (Å²) in [6.45, 7) is 2.81. The first kappa shape index (κ1) is 19.7. The average Bonchev–Trinajstić information content (AvgIpc) is 2.90. The Morgan fingerprint density at radius 1 is 1.25 bits per heavy atom. The third kappa shape index (κ3) is 3.95. The Morgan fingerprint density at radius 3 is 2.61 bits per heavy atom. The standard InChI is InChI=1S/C19H20N4O4S/c1-11-13(9-14-17(25)21-19(28)22-18(14)26)12-5-3-4-6-15(12)23(11)10-16(24)20-7-8-27-2/h3-6,9H,7-8,10H2,1-2H3,(H,20,24)(H2,21,22,25,26,28). The number of methoxy groups -OCH3 is 1. The number of hydrogen-bond donors (Lipinski definition) is 3. The molecule has 2 heterocycles. The van der Waals surface area contributed by atoms with Gasteiger partial charge in [0.15, 0.2) is 5.11 Å². The Kier molecular flexibility index (Phi) is 5.86. The van der Waals surface area contributed by atoms with Gasteiger partial charge >= 0.3 is 0 Å². The lowest BCUT2D eigenvalue weighted by atomic mass is 10.1. The molecule has 0 saturated carbocycles. The van der Waals surface area contributed by atoms with Crippen molar-refractivity contribution >= 4 is 52.0 Å².